The SMILES string of the molecule is CCOC(=O)C1CC(NCc2ccc3c(OC4CCC(C(C)(C)C)CC4)cccc3c2)C1. The molecule has 0 spiro atoms. The number of carbonyl (C=O) groups excluding carboxylic acids is 1. The number of fused-ring (bicyclic) bond motifs is 1. The van der Waals surface area contributed by atoms with Gasteiger partial charge in [0.25, 0.3) is 0 Å². The van der Waals surface area contributed by atoms with Crippen molar-refractivity contribution in [1.82, 2.24) is 5.32 Å². The average Bonchev–Trinajstić information content (AvgIpc) is 2.72. The summed E-state index contributed by atoms with van der Waals surface area (Å²) in [6, 6.07) is 13.4. The summed E-state index contributed by atoms with van der Waals surface area (Å²) in [5, 5.41) is 6.00. The molecular weight excluding hydrogens is 398 g/mol. The predicted molar refractivity (Wildman–Crippen MR) is 130 cm³/mol. The van der Waals surface area contributed by atoms with Gasteiger partial charge in [-0.25, -0.2) is 0 Å². The van der Waals surface area contributed by atoms with E-state index in [1.165, 1.54) is 29.2 Å². The van der Waals surface area contributed by atoms with Gasteiger partial charge in [-0.15, -0.1) is 0 Å². The van der Waals surface area contributed by atoms with Crippen LogP contribution in [-0.2, 0) is 16.1 Å². The fraction of sp³-hybridized carbons (Fsp3) is 0.607. The maximum Gasteiger partial charge on any atom is 0.309 e. The Morgan fingerprint density at radius 2 is 1.81 bits per heavy atom. The lowest BCUT2D eigenvalue weighted by atomic mass is 9.72. The number of nitrogens with one attached hydrogen (secondary N) is 1. The fourth-order valence-electron chi connectivity index (χ4n) is 5.24. The van der Waals surface area contributed by atoms with Gasteiger partial charge < -0.3 is 14.8 Å². The second-order valence-corrected chi connectivity index (χ2v) is 10.8. The minimum Gasteiger partial charge on any atom is -0.490 e. The highest BCUT2D eigenvalue weighted by Crippen LogP contribution is 2.39. The Labute approximate surface area is 193 Å². The Bertz CT molecular complexity index is 918. The molecule has 174 valence electrons. The first-order chi connectivity index (χ1) is 15.3. The third-order valence-corrected chi connectivity index (χ3v) is 7.45. The number of ether oxygens (including phenoxy) is 2. The molecule has 2 aromatic carbocycles. The molecule has 0 radical (unpaired) electrons. The highest BCUT2D eigenvalue weighted by Gasteiger charge is 2.35. The van der Waals surface area contributed by atoms with Crippen LogP contribution in [0.2, 0.25) is 0 Å². The van der Waals surface area contributed by atoms with E-state index in [4.69, 9.17) is 9.47 Å². The van der Waals surface area contributed by atoms with E-state index in [-0.39, 0.29) is 11.9 Å². The molecular formula is C28H39NO3. The van der Waals surface area contributed by atoms with Gasteiger partial charge in [-0.05, 0) is 79.9 Å². The van der Waals surface area contributed by atoms with E-state index in [9.17, 15) is 4.79 Å². The highest BCUT2D eigenvalue weighted by atomic mass is 16.5. The maximum atomic E-state index is 11.8. The molecule has 0 amide bonds. The standard InChI is InChI=1S/C28H39NO3/c1-5-31-27(30)21-16-23(17-21)29-18-19-9-14-25-20(15-19)7-6-8-26(25)32-24-12-10-22(11-13-24)28(2,3)4/h6-9,14-15,21-24,29H,5,10-13,16-18H2,1-4H3. The lowest BCUT2D eigenvalue weighted by Gasteiger charge is -2.37. The molecule has 0 aliphatic heterocycles. The first-order valence-electron chi connectivity index (χ1n) is 12.4. The Morgan fingerprint density at radius 1 is 1.06 bits per heavy atom. The maximum absolute atomic E-state index is 11.8. The van der Waals surface area contributed by atoms with Crippen molar-refractivity contribution in [3.63, 3.8) is 0 Å². The summed E-state index contributed by atoms with van der Waals surface area (Å²) in [5.41, 5.74) is 1.66. The van der Waals surface area contributed by atoms with Crippen molar-refractivity contribution in [2.24, 2.45) is 17.3 Å². The molecule has 0 aromatic heterocycles. The van der Waals surface area contributed by atoms with Crippen LogP contribution in [0.3, 0.4) is 0 Å². The minimum absolute atomic E-state index is 0.0457. The Hall–Kier alpha value is -2.07. The van der Waals surface area contributed by atoms with E-state index in [2.05, 4.69) is 62.5 Å². The molecule has 0 heterocycles. The van der Waals surface area contributed by atoms with Crippen molar-refractivity contribution in [3.05, 3.63) is 42.0 Å². The van der Waals surface area contributed by atoms with Crippen LogP contribution in [-0.4, -0.2) is 24.7 Å². The molecule has 1 N–H and O–H groups in total. The van der Waals surface area contributed by atoms with Gasteiger partial charge >= 0.3 is 5.97 Å². The van der Waals surface area contributed by atoms with Crippen molar-refractivity contribution >= 4 is 16.7 Å². The van der Waals surface area contributed by atoms with Gasteiger partial charge in [-0.3, -0.25) is 4.79 Å². The van der Waals surface area contributed by atoms with Gasteiger partial charge in [0, 0.05) is 18.0 Å². The molecule has 2 aliphatic rings. The lowest BCUT2D eigenvalue weighted by molar-refractivity contribution is -0.151. The topological polar surface area (TPSA) is 47.6 Å². The second kappa shape index (κ2) is 9.82. The fourth-order valence-corrected chi connectivity index (χ4v) is 5.24. The van der Waals surface area contributed by atoms with Crippen LogP contribution in [0.1, 0.15) is 71.8 Å². The third-order valence-electron chi connectivity index (χ3n) is 7.45. The van der Waals surface area contributed by atoms with Gasteiger partial charge in [0.1, 0.15) is 5.75 Å². The molecule has 2 aliphatic carbocycles. The largest absolute Gasteiger partial charge is 0.490 e. The molecule has 4 heteroatoms. The van der Waals surface area contributed by atoms with Crippen molar-refractivity contribution < 1.29 is 14.3 Å². The summed E-state index contributed by atoms with van der Waals surface area (Å²) in [6.45, 7) is 10.2. The first-order valence-corrected chi connectivity index (χ1v) is 12.4. The van der Waals surface area contributed by atoms with Crippen molar-refractivity contribution in [1.29, 1.82) is 0 Å². The molecule has 2 fully saturated rings. The van der Waals surface area contributed by atoms with Crippen LogP contribution in [0.15, 0.2) is 36.4 Å². The summed E-state index contributed by atoms with van der Waals surface area (Å²) in [4.78, 5) is 11.8. The Balaban J connectivity index is 1.32. The second-order valence-electron chi connectivity index (χ2n) is 10.8. The van der Waals surface area contributed by atoms with Crippen molar-refractivity contribution in [2.45, 2.75) is 84.9 Å². The number of esters is 1. The average molecular weight is 438 g/mol. The smallest absolute Gasteiger partial charge is 0.309 e. The van der Waals surface area contributed by atoms with E-state index in [1.807, 2.05) is 6.92 Å². The predicted octanol–water partition coefficient (Wildman–Crippen LogP) is 6.25. The van der Waals surface area contributed by atoms with Crippen molar-refractivity contribution in [3.8, 4) is 5.75 Å². The summed E-state index contributed by atoms with van der Waals surface area (Å²) < 4.78 is 11.6. The molecule has 2 saturated carbocycles. The number of hydrogen-bond acceptors (Lipinski definition) is 4. The summed E-state index contributed by atoms with van der Waals surface area (Å²) >= 11 is 0. The van der Waals surface area contributed by atoms with Crippen LogP contribution < -0.4 is 10.1 Å². The highest BCUT2D eigenvalue weighted by molar-refractivity contribution is 5.88. The number of hydrogen-bond donors (Lipinski definition) is 1. The van der Waals surface area contributed by atoms with Crippen LogP contribution in [0.4, 0.5) is 0 Å². The number of carbonyl (C=O) groups is 1. The zero-order valence-corrected chi connectivity index (χ0v) is 20.2. The third kappa shape index (κ3) is 5.46. The lowest BCUT2D eigenvalue weighted by Crippen LogP contribution is -2.44. The zero-order chi connectivity index (χ0) is 22.7. The molecule has 0 saturated heterocycles. The van der Waals surface area contributed by atoms with Crippen molar-refractivity contribution in [2.75, 3.05) is 6.61 Å². The van der Waals surface area contributed by atoms with Gasteiger partial charge in [0.05, 0.1) is 18.6 Å². The summed E-state index contributed by atoms with van der Waals surface area (Å²) in [5.74, 6) is 1.84. The minimum atomic E-state index is -0.0457. The van der Waals surface area contributed by atoms with Gasteiger partial charge in [-0.2, -0.15) is 0 Å². The monoisotopic (exact) mass is 437 g/mol. The first kappa shape index (κ1) is 23.1. The van der Waals surface area contributed by atoms with E-state index >= 15 is 0 Å². The van der Waals surface area contributed by atoms with Gasteiger partial charge in [-0.1, -0.05) is 45.0 Å². The molecule has 0 unspecified atom stereocenters. The van der Waals surface area contributed by atoms with E-state index in [0.29, 0.717) is 24.2 Å². The summed E-state index contributed by atoms with van der Waals surface area (Å²) in [7, 11) is 0. The quantitative estimate of drug-likeness (QED) is 0.520. The zero-order valence-electron chi connectivity index (χ0n) is 20.2. The van der Waals surface area contributed by atoms with Gasteiger partial charge in [0.15, 0.2) is 0 Å². The molecule has 32 heavy (non-hydrogen) atoms. The van der Waals surface area contributed by atoms with Gasteiger partial charge in [0.2, 0.25) is 0 Å². The number of rotatable bonds is 7. The van der Waals surface area contributed by atoms with Crippen LogP contribution in [0, 0.1) is 17.3 Å². The number of benzene rings is 2. The Morgan fingerprint density at radius 3 is 2.50 bits per heavy atom. The molecule has 2 aromatic rings. The molecule has 4 nitrogen and oxygen atoms in total. The summed E-state index contributed by atoms with van der Waals surface area (Å²) in [6.07, 6.45) is 6.89. The Kier molecular flexibility index (Phi) is 7.09. The van der Waals surface area contributed by atoms with Crippen LogP contribution >= 0.6 is 0 Å². The van der Waals surface area contributed by atoms with E-state index < -0.39 is 0 Å². The normalized spacial score (nSPS) is 25.9. The van der Waals surface area contributed by atoms with E-state index in [1.54, 1.807) is 0 Å². The van der Waals surface area contributed by atoms with E-state index in [0.717, 1.165) is 43.9 Å². The van der Waals surface area contributed by atoms with Crippen LogP contribution in [0.5, 0.6) is 5.75 Å². The molecule has 0 atom stereocenters. The van der Waals surface area contributed by atoms with Crippen LogP contribution in [0.25, 0.3) is 10.8 Å². The molecule has 4 rings (SSSR count). The molecule has 0 bridgehead atoms.